The van der Waals surface area contributed by atoms with Crippen LogP contribution in [0, 0.1) is 0 Å². The standard InChI is InChI=1S/C14H27NO2/c1-4-6-12-15(3)14(17)11-9-7-8-10-13(16)5-2/h4-12H2,1-3H3. The number of hydrogen-bond donors (Lipinski definition) is 0. The highest BCUT2D eigenvalue weighted by atomic mass is 16.2. The van der Waals surface area contributed by atoms with Gasteiger partial charge in [-0.05, 0) is 19.3 Å². The van der Waals surface area contributed by atoms with Crippen molar-refractivity contribution in [2.75, 3.05) is 13.6 Å². The summed E-state index contributed by atoms with van der Waals surface area (Å²) in [6.07, 6.45) is 6.96. The molecule has 3 nitrogen and oxygen atoms in total. The van der Waals surface area contributed by atoms with Crippen molar-refractivity contribution in [1.82, 2.24) is 4.90 Å². The third kappa shape index (κ3) is 8.90. The van der Waals surface area contributed by atoms with Gasteiger partial charge >= 0.3 is 0 Å². The van der Waals surface area contributed by atoms with Crippen LogP contribution in [0.25, 0.3) is 0 Å². The molecule has 0 spiro atoms. The topological polar surface area (TPSA) is 37.4 Å². The van der Waals surface area contributed by atoms with Gasteiger partial charge in [-0.1, -0.05) is 26.7 Å². The van der Waals surface area contributed by atoms with E-state index in [1.807, 2.05) is 18.9 Å². The monoisotopic (exact) mass is 241 g/mol. The predicted molar refractivity (Wildman–Crippen MR) is 70.9 cm³/mol. The third-order valence-electron chi connectivity index (χ3n) is 3.01. The molecule has 0 heterocycles. The molecule has 0 saturated heterocycles. The van der Waals surface area contributed by atoms with Gasteiger partial charge in [0.2, 0.25) is 5.91 Å². The molecule has 3 heteroatoms. The van der Waals surface area contributed by atoms with Crippen molar-refractivity contribution in [2.24, 2.45) is 0 Å². The average Bonchev–Trinajstić information content (AvgIpc) is 2.34. The van der Waals surface area contributed by atoms with E-state index >= 15 is 0 Å². The number of carbonyl (C=O) groups is 2. The molecule has 0 aromatic rings. The number of hydrogen-bond acceptors (Lipinski definition) is 2. The second-order valence-electron chi connectivity index (χ2n) is 4.62. The van der Waals surface area contributed by atoms with Crippen molar-refractivity contribution in [2.45, 2.75) is 65.2 Å². The van der Waals surface area contributed by atoms with Crippen LogP contribution >= 0.6 is 0 Å². The Kier molecular flexibility index (Phi) is 9.78. The van der Waals surface area contributed by atoms with E-state index in [4.69, 9.17) is 0 Å². The molecule has 0 bridgehead atoms. The lowest BCUT2D eigenvalue weighted by molar-refractivity contribution is -0.130. The minimum Gasteiger partial charge on any atom is -0.346 e. The average molecular weight is 241 g/mol. The van der Waals surface area contributed by atoms with Gasteiger partial charge in [-0.2, -0.15) is 0 Å². The smallest absolute Gasteiger partial charge is 0.222 e. The van der Waals surface area contributed by atoms with Crippen molar-refractivity contribution in [3.63, 3.8) is 0 Å². The fourth-order valence-electron chi connectivity index (χ4n) is 1.66. The van der Waals surface area contributed by atoms with E-state index in [0.717, 1.165) is 38.6 Å². The number of ketones is 1. The SMILES string of the molecule is CCCCN(C)C(=O)CCCCCC(=O)CC. The quantitative estimate of drug-likeness (QED) is 0.551. The number of Topliss-reactive ketones (excluding diaryl/α,β-unsaturated/α-hetero) is 1. The van der Waals surface area contributed by atoms with Gasteiger partial charge in [0.25, 0.3) is 0 Å². The Hall–Kier alpha value is -0.860. The minimum absolute atomic E-state index is 0.236. The fourth-order valence-corrected chi connectivity index (χ4v) is 1.66. The van der Waals surface area contributed by atoms with Crippen LogP contribution in [-0.2, 0) is 9.59 Å². The first-order chi connectivity index (χ1) is 8.11. The number of carbonyl (C=O) groups excluding carboxylic acids is 2. The molecular weight excluding hydrogens is 214 g/mol. The van der Waals surface area contributed by atoms with E-state index in [1.165, 1.54) is 0 Å². The third-order valence-corrected chi connectivity index (χ3v) is 3.01. The van der Waals surface area contributed by atoms with Gasteiger partial charge in [-0.15, -0.1) is 0 Å². The van der Waals surface area contributed by atoms with Crippen LogP contribution in [0.1, 0.15) is 65.2 Å². The fraction of sp³-hybridized carbons (Fsp3) is 0.857. The number of rotatable bonds is 10. The molecule has 0 aliphatic carbocycles. The zero-order valence-corrected chi connectivity index (χ0v) is 11.6. The van der Waals surface area contributed by atoms with Gasteiger partial charge in [-0.3, -0.25) is 9.59 Å². The lowest BCUT2D eigenvalue weighted by atomic mass is 10.1. The van der Waals surface area contributed by atoms with Gasteiger partial charge in [0.1, 0.15) is 5.78 Å². The van der Waals surface area contributed by atoms with Crippen molar-refractivity contribution in [1.29, 1.82) is 0 Å². The maximum absolute atomic E-state index is 11.7. The highest BCUT2D eigenvalue weighted by molar-refractivity contribution is 5.78. The first kappa shape index (κ1) is 16.1. The van der Waals surface area contributed by atoms with Crippen LogP contribution in [0.3, 0.4) is 0 Å². The summed E-state index contributed by atoms with van der Waals surface area (Å²) >= 11 is 0. The maximum atomic E-state index is 11.7. The summed E-state index contributed by atoms with van der Waals surface area (Å²) in [6.45, 7) is 4.89. The molecule has 0 aliphatic rings. The Labute approximate surface area is 106 Å². The number of nitrogens with zero attached hydrogens (tertiary/aromatic N) is 1. The lowest BCUT2D eigenvalue weighted by Gasteiger charge is -2.16. The Morgan fingerprint density at radius 3 is 2.18 bits per heavy atom. The number of amides is 1. The summed E-state index contributed by atoms with van der Waals surface area (Å²) in [5.41, 5.74) is 0. The van der Waals surface area contributed by atoms with Crippen LogP contribution in [-0.4, -0.2) is 30.2 Å². The normalized spacial score (nSPS) is 10.3. The summed E-state index contributed by atoms with van der Waals surface area (Å²) in [4.78, 5) is 24.5. The summed E-state index contributed by atoms with van der Waals surface area (Å²) in [5, 5.41) is 0. The van der Waals surface area contributed by atoms with Crippen LogP contribution in [0.2, 0.25) is 0 Å². The van der Waals surface area contributed by atoms with E-state index in [2.05, 4.69) is 6.92 Å². The molecule has 0 N–H and O–H groups in total. The van der Waals surface area contributed by atoms with Crippen molar-refractivity contribution < 1.29 is 9.59 Å². The van der Waals surface area contributed by atoms with Gasteiger partial charge in [0, 0.05) is 32.9 Å². The largest absolute Gasteiger partial charge is 0.346 e. The molecule has 0 aromatic carbocycles. The zero-order chi connectivity index (χ0) is 13.1. The van der Waals surface area contributed by atoms with E-state index in [1.54, 1.807) is 0 Å². The molecule has 0 aromatic heterocycles. The molecular formula is C14H27NO2. The molecule has 0 rings (SSSR count). The molecule has 0 radical (unpaired) electrons. The first-order valence-electron chi connectivity index (χ1n) is 6.87. The minimum atomic E-state index is 0.236. The summed E-state index contributed by atoms with van der Waals surface area (Å²) in [5.74, 6) is 0.566. The zero-order valence-electron chi connectivity index (χ0n) is 11.6. The molecule has 0 aliphatic heterocycles. The molecule has 100 valence electrons. The molecule has 17 heavy (non-hydrogen) atoms. The van der Waals surface area contributed by atoms with Crippen LogP contribution < -0.4 is 0 Å². The van der Waals surface area contributed by atoms with E-state index < -0.39 is 0 Å². The summed E-state index contributed by atoms with van der Waals surface area (Å²) < 4.78 is 0. The van der Waals surface area contributed by atoms with Crippen molar-refractivity contribution in [3.8, 4) is 0 Å². The number of unbranched alkanes of at least 4 members (excludes halogenated alkanes) is 3. The predicted octanol–water partition coefficient (Wildman–Crippen LogP) is 3.17. The molecule has 0 atom stereocenters. The Morgan fingerprint density at radius 1 is 0.941 bits per heavy atom. The van der Waals surface area contributed by atoms with E-state index in [9.17, 15) is 9.59 Å². The van der Waals surface area contributed by atoms with Crippen LogP contribution in [0.15, 0.2) is 0 Å². The molecule has 0 unspecified atom stereocenters. The van der Waals surface area contributed by atoms with E-state index in [0.29, 0.717) is 25.0 Å². The second kappa shape index (κ2) is 10.3. The van der Waals surface area contributed by atoms with Crippen LogP contribution in [0.5, 0.6) is 0 Å². The highest BCUT2D eigenvalue weighted by Crippen LogP contribution is 2.06. The Balaban J connectivity index is 3.47. The van der Waals surface area contributed by atoms with E-state index in [-0.39, 0.29) is 5.91 Å². The van der Waals surface area contributed by atoms with Gasteiger partial charge in [-0.25, -0.2) is 0 Å². The van der Waals surface area contributed by atoms with Gasteiger partial charge < -0.3 is 4.90 Å². The highest BCUT2D eigenvalue weighted by Gasteiger charge is 2.07. The first-order valence-corrected chi connectivity index (χ1v) is 6.87. The van der Waals surface area contributed by atoms with Gasteiger partial charge in [0.15, 0.2) is 0 Å². The van der Waals surface area contributed by atoms with Crippen molar-refractivity contribution >= 4 is 11.7 Å². The summed E-state index contributed by atoms with van der Waals surface area (Å²) in [6, 6.07) is 0. The second-order valence-corrected chi connectivity index (χ2v) is 4.62. The van der Waals surface area contributed by atoms with Crippen molar-refractivity contribution in [3.05, 3.63) is 0 Å². The Bertz CT molecular complexity index is 226. The van der Waals surface area contributed by atoms with Gasteiger partial charge in [0.05, 0.1) is 0 Å². The molecule has 0 saturated carbocycles. The maximum Gasteiger partial charge on any atom is 0.222 e. The molecule has 1 amide bonds. The van der Waals surface area contributed by atoms with Crippen LogP contribution in [0.4, 0.5) is 0 Å². The molecule has 0 fully saturated rings. The Morgan fingerprint density at radius 2 is 1.59 bits per heavy atom. The summed E-state index contributed by atoms with van der Waals surface area (Å²) in [7, 11) is 1.87. The lowest BCUT2D eigenvalue weighted by Crippen LogP contribution is -2.27.